The zero-order chi connectivity index (χ0) is 27.7. The van der Waals surface area contributed by atoms with Gasteiger partial charge in [0.1, 0.15) is 11.9 Å². The average molecular weight is 521 g/mol. The quantitative estimate of drug-likeness (QED) is 0.100. The number of hydrogen-bond acceptors (Lipinski definition) is 8. The summed E-state index contributed by atoms with van der Waals surface area (Å²) in [6.07, 6.45) is -3.08. The number of amides is 2. The molecular weight excluding hydrogens is 495 g/mol. The number of benzene rings is 1. The van der Waals surface area contributed by atoms with Crippen LogP contribution in [0.1, 0.15) is 30.9 Å². The van der Waals surface area contributed by atoms with Gasteiger partial charge in [-0.15, -0.1) is 0 Å². The molecule has 0 radical (unpaired) electrons. The Morgan fingerprint density at radius 1 is 1.19 bits per heavy atom. The van der Waals surface area contributed by atoms with Gasteiger partial charge in [0.05, 0.1) is 12.8 Å². The van der Waals surface area contributed by atoms with Gasteiger partial charge in [-0.3, -0.25) is 10.2 Å². The Labute approximate surface area is 202 Å². The maximum atomic E-state index is 11.7. The Morgan fingerprint density at radius 2 is 1.78 bits per heavy atom. The van der Waals surface area contributed by atoms with Crippen molar-refractivity contribution < 1.29 is 52.1 Å². The Bertz CT molecular complexity index is 923. The molecule has 0 aliphatic heterocycles. The number of carbonyl (C=O) groups is 4. The minimum Gasteiger partial charge on any atom is -0.480 e. The number of hydrogen-bond donors (Lipinski definition) is 6. The summed E-state index contributed by atoms with van der Waals surface area (Å²) in [6, 6.07) is 5.29. The zero-order valence-corrected chi connectivity index (χ0v) is 19.0. The first-order chi connectivity index (χ1) is 16.8. The molecule has 0 saturated heterocycles. The van der Waals surface area contributed by atoms with Crippen LogP contribution in [0, 0.1) is 5.41 Å². The number of carboxylic acid groups (broad SMARTS) is 2. The molecule has 0 aromatic heterocycles. The summed E-state index contributed by atoms with van der Waals surface area (Å²) in [6.45, 7) is 1.34. The molecule has 1 aromatic carbocycles. The number of carboxylic acids is 2. The molecule has 0 saturated carbocycles. The number of unbranched alkanes of at least 4 members (excludes halogenated alkanes) is 1. The van der Waals surface area contributed by atoms with Gasteiger partial charge in [-0.1, -0.05) is 42.8 Å². The second-order valence-electron chi connectivity index (χ2n) is 6.68. The van der Waals surface area contributed by atoms with Crippen molar-refractivity contribution in [2.75, 3.05) is 19.8 Å². The van der Waals surface area contributed by atoms with E-state index < -0.39 is 42.8 Å². The first-order valence-corrected chi connectivity index (χ1v) is 10.1. The monoisotopic (exact) mass is 521 g/mol. The van der Waals surface area contributed by atoms with Crippen LogP contribution in [-0.4, -0.2) is 78.2 Å². The summed E-state index contributed by atoms with van der Waals surface area (Å²) in [5.74, 6) is -4.73. The summed E-state index contributed by atoms with van der Waals surface area (Å²) in [4.78, 5) is 48.1. The van der Waals surface area contributed by atoms with Crippen LogP contribution >= 0.6 is 0 Å². The van der Waals surface area contributed by atoms with Gasteiger partial charge in [0.25, 0.3) is 5.91 Å². The van der Waals surface area contributed by atoms with Crippen LogP contribution < -0.4 is 16.4 Å². The Kier molecular flexibility index (Phi) is 14.3. The Balaban J connectivity index is 0.00000152. The third kappa shape index (κ3) is 14.7. The van der Waals surface area contributed by atoms with E-state index in [2.05, 4.69) is 15.8 Å². The van der Waals surface area contributed by atoms with E-state index in [1.54, 1.807) is 24.3 Å². The normalized spacial score (nSPS) is 11.4. The molecule has 16 heteroatoms. The Morgan fingerprint density at radius 3 is 2.25 bits per heavy atom. The molecule has 36 heavy (non-hydrogen) atoms. The van der Waals surface area contributed by atoms with Crippen molar-refractivity contribution in [2.45, 2.75) is 32.0 Å². The lowest BCUT2D eigenvalue weighted by Gasteiger charge is -2.15. The molecular formula is C20H26F3N5O8. The van der Waals surface area contributed by atoms with E-state index in [4.69, 9.17) is 35.7 Å². The third-order valence-electron chi connectivity index (χ3n) is 3.76. The van der Waals surface area contributed by atoms with Crippen LogP contribution in [0.15, 0.2) is 29.4 Å². The van der Waals surface area contributed by atoms with Gasteiger partial charge in [0.15, 0.2) is 6.61 Å². The molecule has 0 aliphatic carbocycles. The zero-order valence-electron chi connectivity index (χ0n) is 19.0. The number of carbonyl (C=O) groups excluding carboxylic acids is 2. The summed E-state index contributed by atoms with van der Waals surface area (Å²) < 4.78 is 36.6. The maximum absolute atomic E-state index is 11.7. The van der Waals surface area contributed by atoms with E-state index >= 15 is 0 Å². The molecule has 0 fully saturated rings. The molecule has 13 nitrogen and oxygen atoms in total. The van der Waals surface area contributed by atoms with Crippen molar-refractivity contribution in [1.29, 1.82) is 5.41 Å². The number of nitrogen functional groups attached to an aromatic ring is 1. The third-order valence-corrected chi connectivity index (χ3v) is 3.76. The number of amidine groups is 1. The number of nitrogens with zero attached hydrogens (tertiary/aromatic N) is 1. The van der Waals surface area contributed by atoms with Gasteiger partial charge in [-0.05, 0) is 12.0 Å². The lowest BCUT2D eigenvalue weighted by atomic mass is 10.1. The number of nitrogens with one attached hydrogen (secondary N) is 3. The van der Waals surface area contributed by atoms with Gasteiger partial charge >= 0.3 is 24.2 Å². The summed E-state index contributed by atoms with van der Waals surface area (Å²) in [7, 11) is 0. The van der Waals surface area contributed by atoms with E-state index in [1.165, 1.54) is 6.21 Å². The Hall–Kier alpha value is -4.37. The van der Waals surface area contributed by atoms with E-state index in [9.17, 15) is 27.6 Å². The van der Waals surface area contributed by atoms with Crippen molar-refractivity contribution in [3.63, 3.8) is 0 Å². The highest BCUT2D eigenvalue weighted by molar-refractivity contribution is 5.95. The predicted molar refractivity (Wildman–Crippen MR) is 119 cm³/mol. The molecule has 0 aliphatic rings. The molecule has 1 rings (SSSR count). The molecule has 2 amide bonds. The summed E-state index contributed by atoms with van der Waals surface area (Å²) in [5.41, 5.74) is 6.60. The molecule has 0 spiro atoms. The number of halogens is 3. The first kappa shape index (κ1) is 31.6. The predicted octanol–water partition coefficient (Wildman–Crippen LogP) is 1.05. The van der Waals surface area contributed by atoms with Crippen LogP contribution in [0.3, 0.4) is 0 Å². The lowest BCUT2D eigenvalue weighted by molar-refractivity contribution is -0.192. The van der Waals surface area contributed by atoms with E-state index in [0.717, 1.165) is 6.42 Å². The van der Waals surface area contributed by atoms with Crippen LogP contribution in [0.5, 0.6) is 0 Å². The molecule has 0 heterocycles. The molecule has 1 atom stereocenters. The van der Waals surface area contributed by atoms with Gasteiger partial charge in [0.2, 0.25) is 0 Å². The average Bonchev–Trinajstić information content (AvgIpc) is 2.79. The molecule has 1 aromatic rings. The van der Waals surface area contributed by atoms with Crippen LogP contribution in [0.4, 0.5) is 18.0 Å². The van der Waals surface area contributed by atoms with Gasteiger partial charge < -0.3 is 36.2 Å². The second kappa shape index (κ2) is 16.3. The highest BCUT2D eigenvalue weighted by Gasteiger charge is 2.38. The molecule has 0 unspecified atom stereocenters. The van der Waals surface area contributed by atoms with Gasteiger partial charge in [-0.25, -0.2) is 14.4 Å². The highest BCUT2D eigenvalue weighted by atomic mass is 19.4. The van der Waals surface area contributed by atoms with Crippen molar-refractivity contribution >= 4 is 36.0 Å². The standard InChI is InChI=1S/C18H25N5O6.C2HF3O2/c1-2-3-8-28-18(27)23-14(17(25)26)10-21-15(24)11-29-22-9-12-4-6-13(7-5-12)16(19)20;3-2(4,5)1(6)7/h4-7,9,14H,2-3,8,10-11H2,1H3,(H3,19,20)(H,21,24)(H,23,27)(H,25,26);(H,6,7)/t14-;/m0./s1. The van der Waals surface area contributed by atoms with E-state index in [-0.39, 0.29) is 19.0 Å². The smallest absolute Gasteiger partial charge is 0.480 e. The fourth-order valence-electron chi connectivity index (χ4n) is 1.90. The number of ether oxygens (including phenoxy) is 1. The number of rotatable bonds is 12. The highest BCUT2D eigenvalue weighted by Crippen LogP contribution is 2.13. The fraction of sp³-hybridized carbons (Fsp3) is 0.400. The largest absolute Gasteiger partial charge is 0.490 e. The minimum atomic E-state index is -5.08. The number of alkyl carbamates (subject to hydrolysis) is 1. The van der Waals surface area contributed by atoms with Crippen LogP contribution in [-0.2, 0) is 24.0 Å². The molecule has 7 N–H and O–H groups in total. The molecule has 0 bridgehead atoms. The fourth-order valence-corrected chi connectivity index (χ4v) is 1.90. The SMILES string of the molecule is CCCCOC(=O)N[C@@H](CNC(=O)CON=Cc1ccc(C(=N)N)cc1)C(=O)O.O=C(O)C(F)(F)F. The van der Waals surface area contributed by atoms with Crippen LogP contribution in [0.25, 0.3) is 0 Å². The maximum Gasteiger partial charge on any atom is 0.490 e. The van der Waals surface area contributed by atoms with Crippen molar-refractivity contribution in [1.82, 2.24) is 10.6 Å². The van der Waals surface area contributed by atoms with Gasteiger partial charge in [-0.2, -0.15) is 13.2 Å². The topological polar surface area (TPSA) is 213 Å². The van der Waals surface area contributed by atoms with E-state index in [1.807, 2.05) is 6.92 Å². The second-order valence-corrected chi connectivity index (χ2v) is 6.68. The summed E-state index contributed by atoms with van der Waals surface area (Å²) in [5, 5.41) is 31.7. The number of nitrogens with two attached hydrogens (primary N) is 1. The minimum absolute atomic E-state index is 0.0511. The van der Waals surface area contributed by atoms with Crippen molar-refractivity contribution in [3.05, 3.63) is 35.4 Å². The number of aliphatic carboxylic acids is 2. The number of oxime groups is 1. The lowest BCUT2D eigenvalue weighted by Crippen LogP contribution is -2.49. The van der Waals surface area contributed by atoms with Gasteiger partial charge in [0, 0.05) is 12.1 Å². The van der Waals surface area contributed by atoms with E-state index in [0.29, 0.717) is 17.5 Å². The first-order valence-electron chi connectivity index (χ1n) is 10.1. The van der Waals surface area contributed by atoms with Crippen LogP contribution in [0.2, 0.25) is 0 Å². The van der Waals surface area contributed by atoms with Crippen molar-refractivity contribution in [2.24, 2.45) is 10.9 Å². The van der Waals surface area contributed by atoms with Crippen molar-refractivity contribution in [3.8, 4) is 0 Å². The summed E-state index contributed by atoms with van der Waals surface area (Å²) >= 11 is 0. The number of alkyl halides is 3. The molecule has 200 valence electrons.